The number of aromatic nitrogens is 1. The molecule has 2 aromatic rings. The van der Waals surface area contributed by atoms with Gasteiger partial charge in [0.1, 0.15) is 4.88 Å². The van der Waals surface area contributed by atoms with Crippen molar-refractivity contribution < 1.29 is 4.79 Å². The van der Waals surface area contributed by atoms with E-state index in [1.165, 1.54) is 22.5 Å². The predicted molar refractivity (Wildman–Crippen MR) is 73.9 cm³/mol. The van der Waals surface area contributed by atoms with Crippen molar-refractivity contribution in [1.29, 1.82) is 0 Å². The normalized spacial score (nSPS) is 12.1. The zero-order valence-electron chi connectivity index (χ0n) is 10.5. The molecule has 1 atom stereocenters. The van der Waals surface area contributed by atoms with Crippen molar-refractivity contribution in [1.82, 2.24) is 10.3 Å². The average Bonchev–Trinajstić information content (AvgIpc) is 2.85. The van der Waals surface area contributed by atoms with Gasteiger partial charge in [0.2, 0.25) is 0 Å². The van der Waals surface area contributed by atoms with Crippen LogP contribution in [0.2, 0.25) is 0 Å². The van der Waals surface area contributed by atoms with Crippen LogP contribution in [0.5, 0.6) is 0 Å². The molecule has 1 heterocycles. The molecule has 1 N–H and O–H groups in total. The SMILES string of the molecule is Cc1ccc(CC(C)NC(=O)c2cncs2)cc1. The highest BCUT2D eigenvalue weighted by molar-refractivity contribution is 7.11. The van der Waals surface area contributed by atoms with Gasteiger partial charge in [-0.1, -0.05) is 29.8 Å². The van der Waals surface area contributed by atoms with E-state index < -0.39 is 0 Å². The maximum absolute atomic E-state index is 11.8. The third-order valence-electron chi connectivity index (χ3n) is 2.70. The summed E-state index contributed by atoms with van der Waals surface area (Å²) in [4.78, 5) is 16.4. The van der Waals surface area contributed by atoms with Gasteiger partial charge < -0.3 is 5.32 Å². The van der Waals surface area contributed by atoms with Gasteiger partial charge in [0.25, 0.3) is 5.91 Å². The van der Waals surface area contributed by atoms with E-state index in [9.17, 15) is 4.79 Å². The first-order chi connectivity index (χ1) is 8.65. The minimum absolute atomic E-state index is 0.0443. The fraction of sp³-hybridized carbons (Fsp3) is 0.286. The molecule has 3 nitrogen and oxygen atoms in total. The van der Waals surface area contributed by atoms with Crippen molar-refractivity contribution in [3.63, 3.8) is 0 Å². The Balaban J connectivity index is 1.90. The molecule has 0 radical (unpaired) electrons. The number of benzene rings is 1. The maximum atomic E-state index is 11.8. The molecule has 1 amide bonds. The zero-order chi connectivity index (χ0) is 13.0. The number of nitrogens with zero attached hydrogens (tertiary/aromatic N) is 1. The van der Waals surface area contributed by atoms with Gasteiger partial charge >= 0.3 is 0 Å². The number of aryl methyl sites for hydroxylation is 1. The first-order valence-electron chi connectivity index (χ1n) is 5.90. The Hall–Kier alpha value is -1.68. The molecule has 1 aromatic carbocycles. The standard InChI is InChI=1S/C14H16N2OS/c1-10-3-5-12(6-4-10)7-11(2)16-14(17)13-8-15-9-18-13/h3-6,8-9,11H,7H2,1-2H3,(H,16,17). The van der Waals surface area contributed by atoms with Crippen LogP contribution in [0, 0.1) is 6.92 Å². The Bertz CT molecular complexity index is 505. The van der Waals surface area contributed by atoms with Gasteiger partial charge in [0, 0.05) is 6.04 Å². The minimum Gasteiger partial charge on any atom is -0.349 e. The summed E-state index contributed by atoms with van der Waals surface area (Å²) >= 11 is 1.36. The summed E-state index contributed by atoms with van der Waals surface area (Å²) in [7, 11) is 0. The van der Waals surface area contributed by atoms with Crippen LogP contribution in [0.3, 0.4) is 0 Å². The lowest BCUT2D eigenvalue weighted by molar-refractivity contribution is 0.0944. The van der Waals surface area contributed by atoms with Crippen molar-refractivity contribution in [2.45, 2.75) is 26.3 Å². The molecule has 0 aliphatic rings. The van der Waals surface area contributed by atoms with Crippen molar-refractivity contribution in [3.05, 3.63) is 52.0 Å². The molecule has 0 bridgehead atoms. The summed E-state index contributed by atoms with van der Waals surface area (Å²) in [6.07, 6.45) is 2.43. The van der Waals surface area contributed by atoms with Gasteiger partial charge in [-0.05, 0) is 25.8 Å². The summed E-state index contributed by atoms with van der Waals surface area (Å²) in [5, 5.41) is 2.98. The number of rotatable bonds is 4. The monoisotopic (exact) mass is 260 g/mol. The van der Waals surface area contributed by atoms with E-state index in [-0.39, 0.29) is 11.9 Å². The van der Waals surface area contributed by atoms with E-state index in [0.29, 0.717) is 4.88 Å². The average molecular weight is 260 g/mol. The highest BCUT2D eigenvalue weighted by Gasteiger charge is 2.11. The molecule has 94 valence electrons. The Morgan fingerprint density at radius 1 is 1.39 bits per heavy atom. The lowest BCUT2D eigenvalue weighted by Crippen LogP contribution is -2.33. The number of amides is 1. The van der Waals surface area contributed by atoms with E-state index >= 15 is 0 Å². The Kier molecular flexibility index (Phi) is 4.10. The van der Waals surface area contributed by atoms with E-state index in [4.69, 9.17) is 0 Å². The number of nitrogens with one attached hydrogen (secondary N) is 1. The van der Waals surface area contributed by atoms with Gasteiger partial charge in [0.05, 0.1) is 11.7 Å². The fourth-order valence-electron chi connectivity index (χ4n) is 1.75. The smallest absolute Gasteiger partial charge is 0.263 e. The van der Waals surface area contributed by atoms with Crippen molar-refractivity contribution >= 4 is 17.2 Å². The summed E-state index contributed by atoms with van der Waals surface area (Å²) in [6.45, 7) is 4.08. The van der Waals surface area contributed by atoms with E-state index in [0.717, 1.165) is 6.42 Å². The lowest BCUT2D eigenvalue weighted by Gasteiger charge is -2.13. The van der Waals surface area contributed by atoms with Crippen LogP contribution in [-0.2, 0) is 6.42 Å². The first kappa shape index (κ1) is 12.8. The second-order valence-electron chi connectivity index (χ2n) is 4.43. The number of carbonyl (C=O) groups is 1. The molecule has 0 saturated carbocycles. The molecule has 2 rings (SSSR count). The number of hydrogen-bond acceptors (Lipinski definition) is 3. The van der Waals surface area contributed by atoms with Crippen molar-refractivity contribution in [2.75, 3.05) is 0 Å². The molecule has 0 spiro atoms. The fourth-order valence-corrected chi connectivity index (χ4v) is 2.27. The second-order valence-corrected chi connectivity index (χ2v) is 5.32. The summed E-state index contributed by atoms with van der Waals surface area (Å²) in [6, 6.07) is 8.50. The Morgan fingerprint density at radius 3 is 2.72 bits per heavy atom. The third-order valence-corrected chi connectivity index (χ3v) is 3.47. The minimum atomic E-state index is -0.0443. The molecule has 4 heteroatoms. The van der Waals surface area contributed by atoms with Crippen LogP contribution >= 0.6 is 11.3 Å². The molecule has 0 aliphatic carbocycles. The molecule has 1 unspecified atom stereocenters. The molecule has 1 aromatic heterocycles. The van der Waals surface area contributed by atoms with Crippen LogP contribution in [0.1, 0.15) is 27.7 Å². The summed E-state index contributed by atoms with van der Waals surface area (Å²) < 4.78 is 0. The highest BCUT2D eigenvalue weighted by atomic mass is 32.1. The quantitative estimate of drug-likeness (QED) is 0.918. The second kappa shape index (κ2) is 5.78. The van der Waals surface area contributed by atoms with Gasteiger partial charge in [-0.3, -0.25) is 9.78 Å². The molecular formula is C14H16N2OS. The summed E-state index contributed by atoms with van der Waals surface area (Å²) in [5.74, 6) is -0.0443. The van der Waals surface area contributed by atoms with Gasteiger partial charge in [-0.2, -0.15) is 0 Å². The highest BCUT2D eigenvalue weighted by Crippen LogP contribution is 2.08. The van der Waals surface area contributed by atoms with Crippen LogP contribution in [0.4, 0.5) is 0 Å². The van der Waals surface area contributed by atoms with Crippen LogP contribution < -0.4 is 5.32 Å². The molecule has 0 saturated heterocycles. The topological polar surface area (TPSA) is 42.0 Å². The maximum Gasteiger partial charge on any atom is 0.263 e. The lowest BCUT2D eigenvalue weighted by atomic mass is 10.1. The summed E-state index contributed by atoms with van der Waals surface area (Å²) in [5.41, 5.74) is 4.15. The zero-order valence-corrected chi connectivity index (χ0v) is 11.3. The van der Waals surface area contributed by atoms with E-state index in [2.05, 4.69) is 41.5 Å². The van der Waals surface area contributed by atoms with Crippen LogP contribution in [0.25, 0.3) is 0 Å². The van der Waals surface area contributed by atoms with Crippen molar-refractivity contribution in [2.24, 2.45) is 0 Å². The van der Waals surface area contributed by atoms with Gasteiger partial charge in [0.15, 0.2) is 0 Å². The van der Waals surface area contributed by atoms with E-state index in [1.807, 2.05) is 6.92 Å². The van der Waals surface area contributed by atoms with Crippen molar-refractivity contribution in [3.8, 4) is 0 Å². The third kappa shape index (κ3) is 3.40. The Morgan fingerprint density at radius 2 is 2.11 bits per heavy atom. The predicted octanol–water partition coefficient (Wildman–Crippen LogP) is 2.81. The number of hydrogen-bond donors (Lipinski definition) is 1. The van der Waals surface area contributed by atoms with E-state index in [1.54, 1.807) is 11.7 Å². The first-order valence-corrected chi connectivity index (χ1v) is 6.78. The largest absolute Gasteiger partial charge is 0.349 e. The number of thiazole rings is 1. The van der Waals surface area contributed by atoms with Gasteiger partial charge in [-0.15, -0.1) is 11.3 Å². The molecule has 0 fully saturated rings. The Labute approximate surface area is 111 Å². The van der Waals surface area contributed by atoms with Crippen LogP contribution in [0.15, 0.2) is 36.0 Å². The molecular weight excluding hydrogens is 244 g/mol. The van der Waals surface area contributed by atoms with Crippen LogP contribution in [-0.4, -0.2) is 16.9 Å². The number of carbonyl (C=O) groups excluding carboxylic acids is 1. The molecule has 18 heavy (non-hydrogen) atoms. The molecule has 0 aliphatic heterocycles. The van der Waals surface area contributed by atoms with Gasteiger partial charge in [-0.25, -0.2) is 0 Å².